The predicted molar refractivity (Wildman–Crippen MR) is 146 cm³/mol. The highest BCUT2D eigenvalue weighted by Gasteiger charge is 2.43. The molecule has 1 aliphatic rings. The van der Waals surface area contributed by atoms with Crippen LogP contribution in [0.1, 0.15) is 50.2 Å². The Bertz CT molecular complexity index is 1740. The van der Waals surface area contributed by atoms with Crippen molar-refractivity contribution in [2.75, 3.05) is 7.11 Å². The largest absolute Gasteiger partial charge is 0.493 e. The van der Waals surface area contributed by atoms with E-state index in [2.05, 4.69) is 0 Å². The van der Waals surface area contributed by atoms with Gasteiger partial charge in [-0.1, -0.05) is 42.5 Å². The quantitative estimate of drug-likeness (QED) is 0.249. The lowest BCUT2D eigenvalue weighted by Gasteiger charge is -2.25. The Hall–Kier alpha value is -4.78. The molecular weight excluding hydrogens is 494 g/mol. The number of aryl methyl sites for hydroxylation is 2. The zero-order valence-corrected chi connectivity index (χ0v) is 21.9. The highest BCUT2D eigenvalue weighted by atomic mass is 16.5. The molecule has 1 aliphatic heterocycles. The standard InChI is InChI=1S/C32H27NO6/c1-19-14-20(2)30-24(15-19)29(34)27-28(33(32(35)31(27)39-30)17-23-10-7-13-37-23)22-11-12-25(26(16-22)36-3)38-18-21-8-5-4-6-9-21/h4-16,28H,17-18H2,1-3H3. The van der Waals surface area contributed by atoms with Crippen molar-refractivity contribution in [3.05, 3.63) is 129 Å². The zero-order chi connectivity index (χ0) is 27.1. The van der Waals surface area contributed by atoms with Crippen LogP contribution in [0.2, 0.25) is 0 Å². The second-order valence-corrected chi connectivity index (χ2v) is 9.73. The van der Waals surface area contributed by atoms with Crippen LogP contribution in [0.4, 0.5) is 0 Å². The van der Waals surface area contributed by atoms with Crippen LogP contribution >= 0.6 is 0 Å². The van der Waals surface area contributed by atoms with Gasteiger partial charge in [-0.2, -0.15) is 0 Å². The van der Waals surface area contributed by atoms with Crippen LogP contribution in [0.25, 0.3) is 11.0 Å². The van der Waals surface area contributed by atoms with Gasteiger partial charge in [0.1, 0.15) is 18.0 Å². The fraction of sp³-hybridized carbons (Fsp3) is 0.188. The zero-order valence-electron chi connectivity index (χ0n) is 21.9. The lowest BCUT2D eigenvalue weighted by atomic mass is 9.97. The van der Waals surface area contributed by atoms with E-state index < -0.39 is 6.04 Å². The molecule has 3 heterocycles. The third-order valence-corrected chi connectivity index (χ3v) is 7.04. The van der Waals surface area contributed by atoms with Crippen LogP contribution < -0.4 is 14.9 Å². The summed E-state index contributed by atoms with van der Waals surface area (Å²) in [6, 6.07) is 21.9. The summed E-state index contributed by atoms with van der Waals surface area (Å²) in [5.74, 6) is 1.34. The first-order valence-electron chi connectivity index (χ1n) is 12.7. The third kappa shape index (κ3) is 4.36. The second kappa shape index (κ2) is 9.83. The van der Waals surface area contributed by atoms with Gasteiger partial charge in [-0.3, -0.25) is 9.59 Å². The average Bonchev–Trinajstić information content (AvgIpc) is 3.55. The summed E-state index contributed by atoms with van der Waals surface area (Å²) in [5, 5.41) is 0.457. The lowest BCUT2D eigenvalue weighted by Crippen LogP contribution is -2.29. The number of rotatable bonds is 7. The van der Waals surface area contributed by atoms with E-state index >= 15 is 0 Å². The molecule has 6 rings (SSSR count). The fourth-order valence-corrected chi connectivity index (χ4v) is 5.26. The number of fused-ring (bicyclic) bond motifs is 2. The van der Waals surface area contributed by atoms with Crippen molar-refractivity contribution in [3.8, 4) is 11.5 Å². The van der Waals surface area contributed by atoms with Crippen LogP contribution in [0, 0.1) is 13.8 Å². The van der Waals surface area contributed by atoms with Crippen molar-refractivity contribution in [1.82, 2.24) is 4.90 Å². The van der Waals surface area contributed by atoms with Gasteiger partial charge in [0, 0.05) is 0 Å². The minimum atomic E-state index is -0.698. The molecular formula is C32H27NO6. The van der Waals surface area contributed by atoms with E-state index in [0.29, 0.717) is 46.0 Å². The molecule has 0 spiro atoms. The number of ether oxygens (including phenoxy) is 2. The Morgan fingerprint density at radius 2 is 1.74 bits per heavy atom. The normalized spacial score (nSPS) is 14.6. The van der Waals surface area contributed by atoms with Gasteiger partial charge in [-0.25, -0.2) is 0 Å². The summed E-state index contributed by atoms with van der Waals surface area (Å²) in [7, 11) is 1.57. The van der Waals surface area contributed by atoms with Crippen molar-refractivity contribution in [3.63, 3.8) is 0 Å². The van der Waals surface area contributed by atoms with E-state index in [1.165, 1.54) is 0 Å². The Labute approximate surface area is 225 Å². The molecule has 39 heavy (non-hydrogen) atoms. The van der Waals surface area contributed by atoms with Crippen LogP contribution in [-0.4, -0.2) is 17.9 Å². The van der Waals surface area contributed by atoms with Gasteiger partial charge in [0.15, 0.2) is 16.9 Å². The number of hydrogen-bond donors (Lipinski definition) is 0. The lowest BCUT2D eigenvalue weighted by molar-refractivity contribution is 0.0701. The number of carbonyl (C=O) groups is 1. The van der Waals surface area contributed by atoms with Crippen LogP contribution in [0.15, 0.2) is 92.7 Å². The molecule has 5 aromatic rings. The first-order chi connectivity index (χ1) is 18.9. The van der Waals surface area contributed by atoms with Gasteiger partial charge < -0.3 is 23.2 Å². The molecule has 2 aromatic heterocycles. The molecule has 0 N–H and O–H groups in total. The smallest absolute Gasteiger partial charge is 0.291 e. The molecule has 0 saturated heterocycles. The summed E-state index contributed by atoms with van der Waals surface area (Å²) in [5.41, 5.74) is 4.00. The molecule has 1 amide bonds. The minimum Gasteiger partial charge on any atom is -0.493 e. The maximum absolute atomic E-state index is 14.0. The maximum atomic E-state index is 14.0. The van der Waals surface area contributed by atoms with Crippen LogP contribution in [0.5, 0.6) is 11.5 Å². The molecule has 1 atom stereocenters. The van der Waals surface area contributed by atoms with Crippen molar-refractivity contribution >= 4 is 16.9 Å². The molecule has 196 valence electrons. The summed E-state index contributed by atoms with van der Waals surface area (Å²) in [4.78, 5) is 29.3. The molecule has 0 saturated carbocycles. The summed E-state index contributed by atoms with van der Waals surface area (Å²) >= 11 is 0. The number of hydrogen-bond acceptors (Lipinski definition) is 6. The molecule has 3 aromatic carbocycles. The molecule has 0 fully saturated rings. The van der Waals surface area contributed by atoms with Crippen LogP contribution in [0.3, 0.4) is 0 Å². The Morgan fingerprint density at radius 1 is 0.923 bits per heavy atom. The number of methoxy groups -OCH3 is 1. The summed E-state index contributed by atoms with van der Waals surface area (Å²) in [6.45, 7) is 4.36. The first-order valence-corrected chi connectivity index (χ1v) is 12.7. The topological polar surface area (TPSA) is 82.1 Å². The van der Waals surface area contributed by atoms with Crippen molar-refractivity contribution in [2.45, 2.75) is 33.0 Å². The van der Waals surface area contributed by atoms with Gasteiger partial charge in [0.05, 0.1) is 36.9 Å². The third-order valence-electron chi connectivity index (χ3n) is 7.04. The highest BCUT2D eigenvalue weighted by molar-refractivity contribution is 5.99. The number of amides is 1. The Kier molecular flexibility index (Phi) is 6.19. The Balaban J connectivity index is 1.47. The summed E-state index contributed by atoms with van der Waals surface area (Å²) < 4.78 is 23.4. The van der Waals surface area contributed by atoms with Crippen LogP contribution in [-0.2, 0) is 13.2 Å². The van der Waals surface area contributed by atoms with E-state index in [-0.39, 0.29) is 23.6 Å². The van der Waals surface area contributed by atoms with E-state index in [4.69, 9.17) is 18.3 Å². The molecule has 7 heteroatoms. The van der Waals surface area contributed by atoms with Gasteiger partial charge in [0.2, 0.25) is 5.76 Å². The number of benzene rings is 3. The van der Waals surface area contributed by atoms with Gasteiger partial charge in [-0.05, 0) is 66.4 Å². The minimum absolute atomic E-state index is 0.0550. The number of furan rings is 1. The number of carbonyl (C=O) groups excluding carboxylic acids is 1. The van der Waals surface area contributed by atoms with E-state index in [1.807, 2.05) is 74.5 Å². The molecule has 0 radical (unpaired) electrons. The fourth-order valence-electron chi connectivity index (χ4n) is 5.26. The molecule has 0 aliphatic carbocycles. The van der Waals surface area contributed by atoms with Gasteiger partial charge in [-0.15, -0.1) is 0 Å². The summed E-state index contributed by atoms with van der Waals surface area (Å²) in [6.07, 6.45) is 1.56. The second-order valence-electron chi connectivity index (χ2n) is 9.73. The monoisotopic (exact) mass is 521 g/mol. The van der Waals surface area contributed by atoms with Gasteiger partial charge >= 0.3 is 0 Å². The van der Waals surface area contributed by atoms with Crippen molar-refractivity contribution in [2.24, 2.45) is 0 Å². The maximum Gasteiger partial charge on any atom is 0.291 e. The van der Waals surface area contributed by atoms with E-state index in [1.54, 1.807) is 30.4 Å². The Morgan fingerprint density at radius 3 is 2.49 bits per heavy atom. The predicted octanol–water partition coefficient (Wildman–Crippen LogP) is 6.34. The SMILES string of the molecule is COc1cc(C2c3c(oc4c(C)cc(C)cc4c3=O)C(=O)N2Cc2ccco2)ccc1OCc1ccccc1. The highest BCUT2D eigenvalue weighted by Crippen LogP contribution is 2.42. The molecule has 1 unspecified atom stereocenters. The van der Waals surface area contributed by atoms with Crippen molar-refractivity contribution < 1.29 is 23.1 Å². The average molecular weight is 522 g/mol. The van der Waals surface area contributed by atoms with E-state index in [0.717, 1.165) is 16.7 Å². The number of nitrogens with zero attached hydrogens (tertiary/aromatic N) is 1. The molecule has 7 nitrogen and oxygen atoms in total. The van der Waals surface area contributed by atoms with E-state index in [9.17, 15) is 9.59 Å². The molecule has 0 bridgehead atoms. The first kappa shape index (κ1) is 24.6. The van der Waals surface area contributed by atoms with Gasteiger partial charge in [0.25, 0.3) is 5.91 Å². The van der Waals surface area contributed by atoms with Crippen molar-refractivity contribution in [1.29, 1.82) is 0 Å².